The van der Waals surface area contributed by atoms with Crippen LogP contribution in [0.4, 0.5) is 10.5 Å². The van der Waals surface area contributed by atoms with Gasteiger partial charge in [-0.15, -0.1) is 0 Å². The summed E-state index contributed by atoms with van der Waals surface area (Å²) in [5.41, 5.74) is 0.873. The van der Waals surface area contributed by atoms with Crippen molar-refractivity contribution in [3.63, 3.8) is 0 Å². The molecule has 0 saturated heterocycles. The Labute approximate surface area is 96.8 Å². The predicted octanol–water partition coefficient (Wildman–Crippen LogP) is 3.00. The quantitative estimate of drug-likeness (QED) is 0.831. The molecule has 2 amide bonds. The van der Waals surface area contributed by atoms with Crippen molar-refractivity contribution in [3.8, 4) is 0 Å². The molecule has 0 atom stereocenters. The Balaban J connectivity index is 2.55. The number of amides is 2. The zero-order valence-corrected chi connectivity index (χ0v) is 9.97. The molecule has 0 aliphatic carbocycles. The van der Waals surface area contributed by atoms with E-state index in [1.165, 1.54) is 0 Å². The van der Waals surface area contributed by atoms with Crippen LogP contribution in [0.3, 0.4) is 0 Å². The molecule has 0 bridgehead atoms. The highest BCUT2D eigenvalue weighted by Crippen LogP contribution is 2.10. The SMILES string of the molecule is CC(C)/C=C/NC(=O)N(C)c1ccccc1. The van der Waals surface area contributed by atoms with E-state index >= 15 is 0 Å². The summed E-state index contributed by atoms with van der Waals surface area (Å²) in [5, 5.41) is 2.72. The molecule has 0 aliphatic heterocycles. The number of para-hydroxylation sites is 1. The summed E-state index contributed by atoms with van der Waals surface area (Å²) in [6, 6.07) is 9.39. The highest BCUT2D eigenvalue weighted by atomic mass is 16.2. The Morgan fingerprint density at radius 1 is 1.31 bits per heavy atom. The van der Waals surface area contributed by atoms with Gasteiger partial charge in [-0.2, -0.15) is 0 Å². The molecule has 16 heavy (non-hydrogen) atoms. The van der Waals surface area contributed by atoms with Crippen molar-refractivity contribution >= 4 is 11.7 Å². The van der Waals surface area contributed by atoms with Gasteiger partial charge in [0.1, 0.15) is 0 Å². The van der Waals surface area contributed by atoms with E-state index in [4.69, 9.17) is 0 Å². The van der Waals surface area contributed by atoms with Crippen LogP contribution in [-0.4, -0.2) is 13.1 Å². The molecule has 1 N–H and O–H groups in total. The van der Waals surface area contributed by atoms with Crippen molar-refractivity contribution in [1.82, 2.24) is 5.32 Å². The van der Waals surface area contributed by atoms with Gasteiger partial charge in [0.25, 0.3) is 0 Å². The number of nitrogens with one attached hydrogen (secondary N) is 1. The number of anilines is 1. The fraction of sp³-hybridized carbons (Fsp3) is 0.308. The molecule has 0 heterocycles. The van der Waals surface area contributed by atoms with Crippen LogP contribution >= 0.6 is 0 Å². The van der Waals surface area contributed by atoms with E-state index in [2.05, 4.69) is 19.2 Å². The molecule has 3 nitrogen and oxygen atoms in total. The lowest BCUT2D eigenvalue weighted by Gasteiger charge is -2.16. The third-order valence-electron chi connectivity index (χ3n) is 2.14. The number of urea groups is 1. The van der Waals surface area contributed by atoms with E-state index in [0.717, 1.165) is 5.69 Å². The molecule has 0 saturated carbocycles. The first-order valence-electron chi connectivity index (χ1n) is 5.37. The Morgan fingerprint density at radius 2 is 1.94 bits per heavy atom. The second-order valence-corrected chi connectivity index (χ2v) is 3.95. The van der Waals surface area contributed by atoms with Gasteiger partial charge in [-0.25, -0.2) is 4.79 Å². The summed E-state index contributed by atoms with van der Waals surface area (Å²) in [7, 11) is 1.74. The lowest BCUT2D eigenvalue weighted by atomic mass is 10.2. The van der Waals surface area contributed by atoms with Gasteiger partial charge in [-0.3, -0.25) is 4.90 Å². The van der Waals surface area contributed by atoms with Crippen molar-refractivity contribution in [2.24, 2.45) is 5.92 Å². The summed E-state index contributed by atoms with van der Waals surface area (Å²) >= 11 is 0. The fourth-order valence-electron chi connectivity index (χ4n) is 1.18. The summed E-state index contributed by atoms with van der Waals surface area (Å²) < 4.78 is 0. The van der Waals surface area contributed by atoms with Crippen molar-refractivity contribution in [2.45, 2.75) is 13.8 Å². The number of carbonyl (C=O) groups excluding carboxylic acids is 1. The molecular formula is C13H18N2O. The molecule has 3 heteroatoms. The number of hydrogen-bond acceptors (Lipinski definition) is 1. The van der Waals surface area contributed by atoms with E-state index in [0.29, 0.717) is 5.92 Å². The second kappa shape index (κ2) is 5.95. The topological polar surface area (TPSA) is 32.3 Å². The highest BCUT2D eigenvalue weighted by Gasteiger charge is 2.07. The van der Waals surface area contributed by atoms with Gasteiger partial charge in [0.2, 0.25) is 0 Å². The monoisotopic (exact) mass is 218 g/mol. The van der Waals surface area contributed by atoms with Crippen LogP contribution in [0, 0.1) is 5.92 Å². The lowest BCUT2D eigenvalue weighted by Crippen LogP contribution is -2.34. The number of benzene rings is 1. The first kappa shape index (κ1) is 12.3. The smallest absolute Gasteiger partial charge is 0.315 e. The molecule has 0 aromatic heterocycles. The maximum absolute atomic E-state index is 11.7. The third kappa shape index (κ3) is 3.77. The van der Waals surface area contributed by atoms with Gasteiger partial charge >= 0.3 is 6.03 Å². The van der Waals surface area contributed by atoms with Crippen LogP contribution in [-0.2, 0) is 0 Å². The van der Waals surface area contributed by atoms with Crippen molar-refractivity contribution in [2.75, 3.05) is 11.9 Å². The Bertz CT molecular complexity index is 357. The lowest BCUT2D eigenvalue weighted by molar-refractivity contribution is 0.250. The van der Waals surface area contributed by atoms with Crippen LogP contribution in [0.1, 0.15) is 13.8 Å². The van der Waals surface area contributed by atoms with Gasteiger partial charge in [0.05, 0.1) is 0 Å². The van der Waals surface area contributed by atoms with E-state index in [-0.39, 0.29) is 6.03 Å². The normalized spacial score (nSPS) is 10.8. The van der Waals surface area contributed by atoms with Crippen LogP contribution in [0.15, 0.2) is 42.6 Å². The second-order valence-electron chi connectivity index (χ2n) is 3.95. The van der Waals surface area contributed by atoms with Crippen LogP contribution < -0.4 is 10.2 Å². The number of carbonyl (C=O) groups is 1. The molecule has 0 unspecified atom stereocenters. The van der Waals surface area contributed by atoms with Gasteiger partial charge in [0.15, 0.2) is 0 Å². The highest BCUT2D eigenvalue weighted by molar-refractivity contribution is 5.91. The van der Waals surface area contributed by atoms with E-state index in [9.17, 15) is 4.79 Å². The Morgan fingerprint density at radius 3 is 2.50 bits per heavy atom. The summed E-state index contributed by atoms with van der Waals surface area (Å²) in [5.74, 6) is 0.433. The standard InChI is InChI=1S/C13H18N2O/c1-11(2)9-10-14-13(16)15(3)12-7-5-4-6-8-12/h4-11H,1-3H3,(H,14,16)/b10-9+. The minimum atomic E-state index is -0.136. The van der Waals surface area contributed by atoms with Crippen LogP contribution in [0.2, 0.25) is 0 Å². The maximum atomic E-state index is 11.7. The average molecular weight is 218 g/mol. The van der Waals surface area contributed by atoms with Gasteiger partial charge < -0.3 is 5.32 Å². The summed E-state index contributed by atoms with van der Waals surface area (Å²) in [6.45, 7) is 4.12. The largest absolute Gasteiger partial charge is 0.325 e. The van der Waals surface area contributed by atoms with Crippen molar-refractivity contribution in [3.05, 3.63) is 42.6 Å². The minimum Gasteiger partial charge on any atom is -0.315 e. The first-order chi connectivity index (χ1) is 7.61. The zero-order valence-electron chi connectivity index (χ0n) is 9.97. The van der Waals surface area contributed by atoms with Crippen LogP contribution in [0.25, 0.3) is 0 Å². The predicted molar refractivity (Wildman–Crippen MR) is 67.4 cm³/mol. The molecule has 0 aliphatic rings. The molecule has 0 radical (unpaired) electrons. The Hall–Kier alpha value is -1.77. The average Bonchev–Trinajstić information content (AvgIpc) is 2.28. The molecule has 86 valence electrons. The van der Waals surface area contributed by atoms with Crippen molar-refractivity contribution < 1.29 is 4.79 Å². The zero-order chi connectivity index (χ0) is 12.0. The third-order valence-corrected chi connectivity index (χ3v) is 2.14. The van der Waals surface area contributed by atoms with E-state index in [1.54, 1.807) is 18.1 Å². The summed E-state index contributed by atoms with van der Waals surface area (Å²) in [4.78, 5) is 13.3. The van der Waals surface area contributed by atoms with E-state index in [1.807, 2.05) is 36.4 Å². The molecular weight excluding hydrogens is 200 g/mol. The van der Waals surface area contributed by atoms with E-state index < -0.39 is 0 Å². The van der Waals surface area contributed by atoms with Gasteiger partial charge in [-0.05, 0) is 18.1 Å². The minimum absolute atomic E-state index is 0.136. The molecule has 0 fully saturated rings. The molecule has 0 spiro atoms. The Kier molecular flexibility index (Phi) is 4.58. The number of hydrogen-bond donors (Lipinski definition) is 1. The number of nitrogens with zero attached hydrogens (tertiary/aromatic N) is 1. The van der Waals surface area contributed by atoms with Crippen molar-refractivity contribution in [1.29, 1.82) is 0 Å². The molecule has 1 rings (SSSR count). The first-order valence-corrected chi connectivity index (χ1v) is 5.37. The van der Waals surface area contributed by atoms with Crippen LogP contribution in [0.5, 0.6) is 0 Å². The summed E-state index contributed by atoms with van der Waals surface area (Å²) in [6.07, 6.45) is 3.63. The number of allylic oxidation sites excluding steroid dienone is 1. The molecule has 1 aromatic carbocycles. The fourth-order valence-corrected chi connectivity index (χ4v) is 1.18. The maximum Gasteiger partial charge on any atom is 0.325 e. The number of rotatable bonds is 3. The van der Waals surface area contributed by atoms with Gasteiger partial charge in [0, 0.05) is 18.9 Å². The molecule has 1 aromatic rings. The van der Waals surface area contributed by atoms with Gasteiger partial charge in [-0.1, -0.05) is 38.1 Å².